The van der Waals surface area contributed by atoms with Crippen molar-refractivity contribution in [1.29, 1.82) is 0 Å². The molecule has 1 aliphatic heterocycles. The molecule has 7 N–H and O–H groups in total. The number of nitrogens with zero attached hydrogens (tertiary/aromatic N) is 6. The van der Waals surface area contributed by atoms with Crippen molar-refractivity contribution in [2.24, 2.45) is 16.8 Å². The number of Topliss-reactive ketones (excluding diaryl/α,β-unsaturated/α-hetero) is 1. The molecule has 17 nitrogen and oxygen atoms in total. The number of ketones is 1. The van der Waals surface area contributed by atoms with E-state index in [1.54, 1.807) is 0 Å². The number of hydrogen-bond donors (Lipinski definition) is 5. The van der Waals surface area contributed by atoms with E-state index in [4.69, 9.17) is 16.3 Å². The molecule has 0 aromatic carbocycles. The van der Waals surface area contributed by atoms with E-state index >= 15 is 0 Å². The predicted octanol–water partition coefficient (Wildman–Crippen LogP) is -1.48. The second-order valence-electron chi connectivity index (χ2n) is 10.0. The van der Waals surface area contributed by atoms with Gasteiger partial charge in [-0.15, -0.1) is 11.3 Å². The molecule has 0 unspecified atom stereocenters. The van der Waals surface area contributed by atoms with Crippen LogP contribution in [-0.4, -0.2) is 89.5 Å². The molecule has 0 spiro atoms. The van der Waals surface area contributed by atoms with Crippen LogP contribution in [0.2, 0.25) is 0 Å². The number of carboxylic acid groups (broad SMARTS) is 1. The van der Waals surface area contributed by atoms with Crippen LogP contribution < -0.4 is 16.8 Å². The van der Waals surface area contributed by atoms with E-state index in [0.29, 0.717) is 12.2 Å². The number of carboxylic acids is 1. The second-order valence-corrected chi connectivity index (χ2v) is 12.2. The molecule has 0 radical (unpaired) electrons. The van der Waals surface area contributed by atoms with Crippen molar-refractivity contribution in [1.82, 2.24) is 29.6 Å². The molecule has 1 saturated heterocycles. The Balaban J connectivity index is 1.31. The number of hydrogen-bond acceptors (Lipinski definition) is 14. The number of aliphatic carboxylic acids is 1. The Labute approximate surface area is 231 Å². The minimum absolute atomic E-state index is 0.0157. The Kier molecular flexibility index (Phi) is 7.33. The summed E-state index contributed by atoms with van der Waals surface area (Å²) < 4.78 is 33.8. The van der Waals surface area contributed by atoms with Gasteiger partial charge >= 0.3 is 16.3 Å². The van der Waals surface area contributed by atoms with Gasteiger partial charge < -0.3 is 26.7 Å². The number of β-lactam (4-membered cyclic amide) rings is 1. The number of thiazole rings is 1. The normalized spacial score (nSPS) is 25.7. The number of oxime groups is 1. The SMILES string of the molecule is Nc1nc(/C(=N/OC2(C(=O)O)CC2)C(=O)C[C@@H]2C(=O)N(S(=O)(=O)O)[C@@H]2Cn2ncc(CNC3CC(N)C3)n2)cs1. The first kappa shape index (κ1) is 28.0. The molecule has 19 heteroatoms. The van der Waals surface area contributed by atoms with Crippen LogP contribution in [0.5, 0.6) is 0 Å². The Morgan fingerprint density at radius 2 is 2.05 bits per heavy atom. The zero-order valence-electron chi connectivity index (χ0n) is 20.9. The standard InChI is InChI=1S/C21H27N9O8S2/c22-10-3-11(4-10)24-6-12-7-25-29(27-12)8-15-13(18(32)30(15)40(35,36)37)5-16(31)17(14-9-39-20(23)26-14)28-38-21(1-2-21)19(33)34/h7,9-11,13,15,24H,1-6,8,22H2,(H2,23,26)(H,33,34)(H,35,36,37)/b28-17-/t10?,11?,13-,15+/m0/s1. The maximum atomic E-state index is 13.3. The number of nitrogens with one attached hydrogen (secondary N) is 1. The average molecular weight is 598 g/mol. The fourth-order valence-corrected chi connectivity index (χ4v) is 6.02. The first-order chi connectivity index (χ1) is 18.9. The van der Waals surface area contributed by atoms with Crippen molar-refractivity contribution in [3.63, 3.8) is 0 Å². The Bertz CT molecular complexity index is 1460. The third-order valence-electron chi connectivity index (χ3n) is 7.07. The molecule has 2 aromatic rings. The fourth-order valence-electron chi connectivity index (χ4n) is 4.55. The maximum Gasteiger partial charge on any atom is 0.362 e. The Morgan fingerprint density at radius 1 is 1.32 bits per heavy atom. The number of carbonyl (C=O) groups excluding carboxylic acids is 2. The van der Waals surface area contributed by atoms with Crippen LogP contribution in [0, 0.1) is 5.92 Å². The van der Waals surface area contributed by atoms with Gasteiger partial charge in [-0.1, -0.05) is 5.16 Å². The highest BCUT2D eigenvalue weighted by atomic mass is 32.2. The van der Waals surface area contributed by atoms with Crippen LogP contribution in [0.1, 0.15) is 43.5 Å². The zero-order chi connectivity index (χ0) is 28.8. The van der Waals surface area contributed by atoms with E-state index < -0.39 is 51.9 Å². The minimum Gasteiger partial charge on any atom is -0.478 e. The van der Waals surface area contributed by atoms with Crippen LogP contribution in [0.3, 0.4) is 0 Å². The summed E-state index contributed by atoms with van der Waals surface area (Å²) in [5.41, 5.74) is 10.1. The number of nitrogen functional groups attached to an aromatic ring is 1. The minimum atomic E-state index is -4.94. The lowest BCUT2D eigenvalue weighted by Crippen LogP contribution is -2.64. The van der Waals surface area contributed by atoms with E-state index in [9.17, 15) is 32.5 Å². The number of anilines is 1. The van der Waals surface area contributed by atoms with Crippen molar-refractivity contribution < 1.29 is 37.3 Å². The molecule has 3 aliphatic rings. The highest BCUT2D eigenvalue weighted by molar-refractivity contribution is 7.84. The van der Waals surface area contributed by atoms with Gasteiger partial charge in [0.05, 0.1) is 30.4 Å². The summed E-state index contributed by atoms with van der Waals surface area (Å²) in [4.78, 5) is 47.9. The molecule has 3 fully saturated rings. The third kappa shape index (κ3) is 5.68. The van der Waals surface area contributed by atoms with E-state index in [0.717, 1.165) is 24.2 Å². The van der Waals surface area contributed by atoms with Gasteiger partial charge in [-0.05, 0) is 12.8 Å². The zero-order valence-corrected chi connectivity index (χ0v) is 22.5. The van der Waals surface area contributed by atoms with Crippen molar-refractivity contribution in [2.45, 2.75) is 68.9 Å². The molecule has 2 aromatic heterocycles. The molecule has 40 heavy (non-hydrogen) atoms. The summed E-state index contributed by atoms with van der Waals surface area (Å²) in [6.45, 7) is 0.172. The Hall–Kier alpha value is -3.52. The number of aromatic nitrogens is 4. The molecule has 3 heterocycles. The predicted molar refractivity (Wildman–Crippen MR) is 137 cm³/mol. The monoisotopic (exact) mass is 597 g/mol. The molecule has 5 rings (SSSR count). The van der Waals surface area contributed by atoms with E-state index in [1.165, 1.54) is 16.4 Å². The van der Waals surface area contributed by atoms with E-state index in [-0.39, 0.29) is 52.3 Å². The molecule has 2 saturated carbocycles. The van der Waals surface area contributed by atoms with Crippen molar-refractivity contribution in [3.8, 4) is 0 Å². The lowest BCUT2D eigenvalue weighted by molar-refractivity contribution is -0.153. The highest BCUT2D eigenvalue weighted by Gasteiger charge is 2.56. The van der Waals surface area contributed by atoms with Gasteiger partial charge in [0, 0.05) is 43.3 Å². The van der Waals surface area contributed by atoms with Gasteiger partial charge in [-0.3, -0.25) is 14.1 Å². The number of amides is 1. The van der Waals surface area contributed by atoms with Gasteiger partial charge in [0.2, 0.25) is 11.5 Å². The largest absolute Gasteiger partial charge is 0.478 e. The van der Waals surface area contributed by atoms with Crippen LogP contribution in [-0.2, 0) is 42.6 Å². The lowest BCUT2D eigenvalue weighted by Gasteiger charge is -2.43. The molecule has 216 valence electrons. The van der Waals surface area contributed by atoms with Crippen molar-refractivity contribution in [2.75, 3.05) is 5.73 Å². The van der Waals surface area contributed by atoms with Crippen molar-refractivity contribution >= 4 is 50.1 Å². The average Bonchev–Trinajstić information content (AvgIpc) is 3.32. The summed E-state index contributed by atoms with van der Waals surface area (Å²) >= 11 is 1.01. The van der Waals surface area contributed by atoms with Gasteiger partial charge in [0.1, 0.15) is 5.69 Å². The van der Waals surface area contributed by atoms with Gasteiger partial charge in [-0.25, -0.2) is 14.1 Å². The summed E-state index contributed by atoms with van der Waals surface area (Å²) in [7, 11) is -4.94. The van der Waals surface area contributed by atoms with Gasteiger partial charge in [-0.2, -0.15) is 23.4 Å². The highest BCUT2D eigenvalue weighted by Crippen LogP contribution is 2.40. The van der Waals surface area contributed by atoms with Crippen molar-refractivity contribution in [3.05, 3.63) is 23.0 Å². The fraction of sp³-hybridized carbons (Fsp3) is 0.571. The molecular formula is C21H27N9O8S2. The third-order valence-corrected chi connectivity index (χ3v) is 8.69. The Morgan fingerprint density at radius 3 is 2.62 bits per heavy atom. The maximum absolute atomic E-state index is 13.3. The second kappa shape index (κ2) is 10.5. The molecular weight excluding hydrogens is 570 g/mol. The quantitative estimate of drug-likeness (QED) is 0.0764. The summed E-state index contributed by atoms with van der Waals surface area (Å²) in [6, 6.07) is -0.735. The van der Waals surface area contributed by atoms with E-state index in [1.807, 2.05) is 0 Å². The first-order valence-corrected chi connectivity index (χ1v) is 14.6. The van der Waals surface area contributed by atoms with Crippen LogP contribution in [0.15, 0.2) is 16.7 Å². The number of nitrogens with two attached hydrogens (primary N) is 2. The smallest absolute Gasteiger partial charge is 0.362 e. The van der Waals surface area contributed by atoms with E-state index in [2.05, 4.69) is 25.7 Å². The summed E-state index contributed by atoms with van der Waals surface area (Å²) in [5, 5.41) is 26.3. The summed E-state index contributed by atoms with van der Waals surface area (Å²) in [6.07, 6.45) is 3.03. The lowest BCUT2D eigenvalue weighted by atomic mass is 9.84. The molecule has 2 atom stereocenters. The van der Waals surface area contributed by atoms with Crippen LogP contribution >= 0.6 is 11.3 Å². The van der Waals surface area contributed by atoms with Crippen LogP contribution in [0.25, 0.3) is 0 Å². The van der Waals surface area contributed by atoms with Crippen LogP contribution in [0.4, 0.5) is 5.13 Å². The molecule has 2 aliphatic carbocycles. The topological polar surface area (TPSA) is 258 Å². The van der Waals surface area contributed by atoms with Gasteiger partial charge in [0.15, 0.2) is 16.6 Å². The first-order valence-electron chi connectivity index (χ1n) is 12.3. The summed E-state index contributed by atoms with van der Waals surface area (Å²) in [5.74, 6) is -4.19. The number of carbonyl (C=O) groups is 3. The number of rotatable bonds is 13. The van der Waals surface area contributed by atoms with Gasteiger partial charge in [0.25, 0.3) is 0 Å². The molecule has 0 bridgehead atoms. The molecule has 1 amide bonds.